The fraction of sp³-hybridized carbons (Fsp3) is 0.917. The van der Waals surface area contributed by atoms with Gasteiger partial charge in [-0.2, -0.15) is 0 Å². The summed E-state index contributed by atoms with van der Waals surface area (Å²) in [7, 11) is 0. The minimum absolute atomic E-state index is 0.0427. The van der Waals surface area contributed by atoms with Crippen molar-refractivity contribution >= 4 is 5.91 Å². The Hall–Kier alpha value is -0.650. The van der Waals surface area contributed by atoms with E-state index in [1.807, 2.05) is 0 Å². The topological polar surface area (TPSA) is 73.6 Å². The van der Waals surface area contributed by atoms with E-state index in [1.54, 1.807) is 0 Å². The number of amides is 1. The van der Waals surface area contributed by atoms with Gasteiger partial charge in [0.15, 0.2) is 6.29 Å². The normalized spacial score (nSPS) is 31.3. The smallest absolute Gasteiger partial charge is 0.222 e. The minimum Gasteiger partial charge on any atom is -0.369 e. The van der Waals surface area contributed by atoms with Crippen molar-refractivity contribution < 1.29 is 14.3 Å². The molecular formula is C12H22N2O3. The minimum atomic E-state index is -0.183. The largest absolute Gasteiger partial charge is 0.369 e. The molecule has 2 aliphatic rings. The molecule has 1 amide bonds. The van der Waals surface area contributed by atoms with Gasteiger partial charge in [-0.3, -0.25) is 4.79 Å². The molecule has 1 saturated heterocycles. The second-order valence-corrected chi connectivity index (χ2v) is 4.83. The van der Waals surface area contributed by atoms with E-state index >= 15 is 0 Å². The van der Waals surface area contributed by atoms with Crippen LogP contribution in [0.15, 0.2) is 0 Å². The molecule has 2 atom stereocenters. The van der Waals surface area contributed by atoms with Crippen molar-refractivity contribution in [3.05, 3.63) is 0 Å². The van der Waals surface area contributed by atoms with Gasteiger partial charge in [0.1, 0.15) is 0 Å². The molecule has 2 rings (SSSR count). The molecule has 17 heavy (non-hydrogen) atoms. The molecule has 2 fully saturated rings. The zero-order chi connectivity index (χ0) is 12.1. The first-order chi connectivity index (χ1) is 8.27. The zero-order valence-corrected chi connectivity index (χ0v) is 10.2. The van der Waals surface area contributed by atoms with Gasteiger partial charge >= 0.3 is 0 Å². The van der Waals surface area contributed by atoms with Crippen molar-refractivity contribution in [1.82, 2.24) is 5.32 Å². The second-order valence-electron chi connectivity index (χ2n) is 4.83. The molecule has 1 aliphatic carbocycles. The third-order valence-electron chi connectivity index (χ3n) is 3.62. The van der Waals surface area contributed by atoms with E-state index in [9.17, 15) is 4.79 Å². The Bertz CT molecular complexity index is 254. The molecule has 0 aromatic heterocycles. The van der Waals surface area contributed by atoms with Gasteiger partial charge in [-0.15, -0.1) is 0 Å². The quantitative estimate of drug-likeness (QED) is 0.699. The molecule has 1 heterocycles. The van der Waals surface area contributed by atoms with Gasteiger partial charge in [-0.05, 0) is 12.8 Å². The number of hydrogen-bond acceptors (Lipinski definition) is 4. The summed E-state index contributed by atoms with van der Waals surface area (Å²) in [5, 5.41) is 3.38. The van der Waals surface area contributed by atoms with E-state index in [4.69, 9.17) is 15.2 Å². The Kier molecular flexibility index (Phi) is 4.76. The highest BCUT2D eigenvalue weighted by Gasteiger charge is 2.28. The molecule has 0 bridgehead atoms. The van der Waals surface area contributed by atoms with Crippen LogP contribution in [0.4, 0.5) is 0 Å². The van der Waals surface area contributed by atoms with Gasteiger partial charge in [-0.25, -0.2) is 0 Å². The molecule has 0 radical (unpaired) electrons. The predicted octanol–water partition coefficient (Wildman–Crippen LogP) is 0.383. The Morgan fingerprint density at radius 1 is 1.18 bits per heavy atom. The first-order valence-electron chi connectivity index (χ1n) is 6.53. The number of nitrogens with two attached hydrogens (primary N) is 1. The van der Waals surface area contributed by atoms with Gasteiger partial charge in [0.25, 0.3) is 0 Å². The lowest BCUT2D eigenvalue weighted by atomic mass is 9.94. The van der Waals surface area contributed by atoms with Crippen LogP contribution < -0.4 is 11.1 Å². The van der Waals surface area contributed by atoms with Gasteiger partial charge in [-0.1, -0.05) is 19.3 Å². The molecular weight excluding hydrogens is 220 g/mol. The van der Waals surface area contributed by atoms with Crippen LogP contribution in [0.25, 0.3) is 0 Å². The molecule has 0 spiro atoms. The summed E-state index contributed by atoms with van der Waals surface area (Å²) in [5.41, 5.74) is 5.47. The summed E-state index contributed by atoms with van der Waals surface area (Å²) in [4.78, 5) is 11.4. The summed E-state index contributed by atoms with van der Waals surface area (Å²) in [6.07, 6.45) is 5.21. The number of carbonyl (C=O) groups is 1. The fourth-order valence-electron chi connectivity index (χ4n) is 2.67. The van der Waals surface area contributed by atoms with Crippen LogP contribution in [0.3, 0.4) is 0 Å². The molecule has 0 aromatic carbocycles. The molecule has 1 aliphatic heterocycles. The Morgan fingerprint density at radius 3 is 2.59 bits per heavy atom. The maximum atomic E-state index is 11.4. The Labute approximate surface area is 102 Å². The van der Waals surface area contributed by atoms with Crippen LogP contribution in [0.1, 0.15) is 32.1 Å². The third kappa shape index (κ3) is 3.66. The molecule has 1 saturated carbocycles. The van der Waals surface area contributed by atoms with Gasteiger partial charge in [0, 0.05) is 12.6 Å². The van der Waals surface area contributed by atoms with Crippen molar-refractivity contribution in [2.24, 2.45) is 11.7 Å². The van der Waals surface area contributed by atoms with Crippen LogP contribution in [-0.4, -0.2) is 38.0 Å². The first kappa shape index (κ1) is 12.8. The van der Waals surface area contributed by atoms with Crippen LogP contribution in [0.5, 0.6) is 0 Å². The number of hydrogen-bond donors (Lipinski definition) is 2. The third-order valence-corrected chi connectivity index (χ3v) is 3.62. The molecule has 0 aromatic rings. The second kappa shape index (κ2) is 6.33. The van der Waals surface area contributed by atoms with E-state index in [1.165, 1.54) is 6.42 Å². The average molecular weight is 242 g/mol. The average Bonchev–Trinajstić information content (AvgIpc) is 2.70. The maximum Gasteiger partial charge on any atom is 0.222 e. The van der Waals surface area contributed by atoms with E-state index in [2.05, 4.69) is 5.32 Å². The Morgan fingerprint density at radius 2 is 1.88 bits per heavy atom. The summed E-state index contributed by atoms with van der Waals surface area (Å²) in [6, 6.07) is 0.183. The molecule has 0 unspecified atom stereocenters. The summed E-state index contributed by atoms with van der Waals surface area (Å²) in [5.74, 6) is -0.225. The summed E-state index contributed by atoms with van der Waals surface area (Å²) in [6.45, 7) is 1.97. The maximum absolute atomic E-state index is 11.4. The molecule has 5 nitrogen and oxygen atoms in total. The van der Waals surface area contributed by atoms with Crippen LogP contribution >= 0.6 is 0 Å². The monoisotopic (exact) mass is 242 g/mol. The predicted molar refractivity (Wildman–Crippen MR) is 63.3 cm³/mol. The van der Waals surface area contributed by atoms with Crippen molar-refractivity contribution in [2.75, 3.05) is 19.8 Å². The van der Waals surface area contributed by atoms with Crippen LogP contribution in [0, 0.1) is 5.92 Å². The highest BCUT2D eigenvalue weighted by atomic mass is 16.7. The molecule has 98 valence electrons. The standard InChI is InChI=1S/C12H22N2O3/c13-12(15)9-4-2-1-3-5-10(9)14-8-11-16-6-7-17-11/h9-11,14H,1-8H2,(H2,13,15)/t9-,10-/m0/s1. The van der Waals surface area contributed by atoms with E-state index in [0.29, 0.717) is 19.8 Å². The summed E-state index contributed by atoms with van der Waals surface area (Å²) >= 11 is 0. The SMILES string of the molecule is NC(=O)[C@H]1CCCCC[C@@H]1NCC1OCCO1. The van der Waals surface area contributed by atoms with Gasteiger partial charge in [0.2, 0.25) is 5.91 Å². The fourth-order valence-corrected chi connectivity index (χ4v) is 2.67. The van der Waals surface area contributed by atoms with Gasteiger partial charge in [0.05, 0.1) is 19.1 Å². The van der Waals surface area contributed by atoms with E-state index < -0.39 is 0 Å². The zero-order valence-electron chi connectivity index (χ0n) is 10.2. The molecule has 3 N–H and O–H groups in total. The Balaban J connectivity index is 1.83. The lowest BCUT2D eigenvalue weighted by Gasteiger charge is -2.24. The number of ether oxygens (including phenoxy) is 2. The number of nitrogens with one attached hydrogen (secondary N) is 1. The van der Waals surface area contributed by atoms with Crippen LogP contribution in [0.2, 0.25) is 0 Å². The highest BCUT2D eigenvalue weighted by molar-refractivity contribution is 5.77. The highest BCUT2D eigenvalue weighted by Crippen LogP contribution is 2.23. The summed E-state index contributed by atoms with van der Waals surface area (Å²) < 4.78 is 10.7. The van der Waals surface area contributed by atoms with Gasteiger partial charge < -0.3 is 20.5 Å². The number of rotatable bonds is 4. The molecule has 5 heteroatoms. The first-order valence-corrected chi connectivity index (χ1v) is 6.53. The van der Waals surface area contributed by atoms with Crippen molar-refractivity contribution in [2.45, 2.75) is 44.4 Å². The van der Waals surface area contributed by atoms with Crippen molar-refractivity contribution in [3.8, 4) is 0 Å². The van der Waals surface area contributed by atoms with Crippen molar-refractivity contribution in [3.63, 3.8) is 0 Å². The van der Waals surface area contributed by atoms with E-state index in [0.717, 1.165) is 25.7 Å². The number of carbonyl (C=O) groups excluding carboxylic acids is 1. The lowest BCUT2D eigenvalue weighted by molar-refractivity contribution is -0.123. The van der Waals surface area contributed by atoms with Crippen LogP contribution in [-0.2, 0) is 14.3 Å². The lowest BCUT2D eigenvalue weighted by Crippen LogP contribution is -2.45. The number of primary amides is 1. The van der Waals surface area contributed by atoms with E-state index in [-0.39, 0.29) is 24.2 Å². The van der Waals surface area contributed by atoms with Crippen molar-refractivity contribution in [1.29, 1.82) is 0 Å².